The number of hydrogen-bond donors (Lipinski definition) is 2. The van der Waals surface area contributed by atoms with Crippen LogP contribution in [0.2, 0.25) is 0 Å². The fourth-order valence-corrected chi connectivity index (χ4v) is 3.58. The van der Waals surface area contributed by atoms with E-state index in [-0.39, 0.29) is 11.3 Å². The van der Waals surface area contributed by atoms with Gasteiger partial charge in [0, 0.05) is 17.7 Å². The molecule has 2 amide bonds. The molecule has 2 aromatic carbocycles. The summed E-state index contributed by atoms with van der Waals surface area (Å²) in [4.78, 5) is 46.8. The van der Waals surface area contributed by atoms with Gasteiger partial charge in [0.25, 0.3) is 17.5 Å². The number of carbonyl (C=O) groups excluding carboxylic acids is 3. The first-order valence-electron chi connectivity index (χ1n) is 9.49. The Labute approximate surface area is 172 Å². The molecule has 2 aromatic rings. The molecule has 0 spiro atoms. The molecule has 0 aromatic heterocycles. The fraction of sp³-hybridized carbons (Fsp3) is 0.286. The Morgan fingerprint density at radius 3 is 2.20 bits per heavy atom. The van der Waals surface area contributed by atoms with Crippen LogP contribution in [0.25, 0.3) is 0 Å². The normalized spacial score (nSPS) is 14.5. The van der Waals surface area contributed by atoms with Gasteiger partial charge in [-0.3, -0.25) is 35.3 Å². The maximum atomic E-state index is 12.8. The summed E-state index contributed by atoms with van der Waals surface area (Å²) in [7, 11) is 0. The highest BCUT2D eigenvalue weighted by Crippen LogP contribution is 2.42. The molecular formula is C21H21N3O6. The van der Waals surface area contributed by atoms with Crippen molar-refractivity contribution in [1.82, 2.24) is 10.9 Å². The van der Waals surface area contributed by atoms with Gasteiger partial charge in [-0.05, 0) is 30.5 Å². The van der Waals surface area contributed by atoms with E-state index in [1.54, 1.807) is 0 Å². The van der Waals surface area contributed by atoms with E-state index in [2.05, 4.69) is 10.9 Å². The summed E-state index contributed by atoms with van der Waals surface area (Å²) in [5.74, 6) is -1.80. The smallest absolute Gasteiger partial charge is 0.317 e. The Morgan fingerprint density at radius 1 is 0.967 bits per heavy atom. The van der Waals surface area contributed by atoms with Crippen molar-refractivity contribution in [2.24, 2.45) is 0 Å². The monoisotopic (exact) mass is 411 g/mol. The van der Waals surface area contributed by atoms with Crippen LogP contribution in [0.1, 0.15) is 41.6 Å². The van der Waals surface area contributed by atoms with E-state index in [0.29, 0.717) is 12.8 Å². The SMILES string of the molecule is O=C(COC(=O)C1(c2ccccc2)CCCC1)NNC(=O)c1ccc([N+](=O)[O-])cc1. The molecule has 9 nitrogen and oxygen atoms in total. The largest absolute Gasteiger partial charge is 0.455 e. The number of nitrogens with zero attached hydrogens (tertiary/aromatic N) is 1. The number of hydrazine groups is 1. The molecule has 2 N–H and O–H groups in total. The first-order chi connectivity index (χ1) is 14.4. The Morgan fingerprint density at radius 2 is 1.60 bits per heavy atom. The number of amides is 2. The lowest BCUT2D eigenvalue weighted by Gasteiger charge is -2.27. The summed E-state index contributed by atoms with van der Waals surface area (Å²) < 4.78 is 5.25. The van der Waals surface area contributed by atoms with E-state index < -0.39 is 34.7 Å². The van der Waals surface area contributed by atoms with Gasteiger partial charge in [0.2, 0.25) is 0 Å². The van der Waals surface area contributed by atoms with Crippen molar-refractivity contribution in [1.29, 1.82) is 0 Å². The van der Waals surface area contributed by atoms with Crippen molar-refractivity contribution in [3.8, 4) is 0 Å². The Hall–Kier alpha value is -3.75. The zero-order valence-corrected chi connectivity index (χ0v) is 16.1. The number of nitrogens with one attached hydrogen (secondary N) is 2. The lowest BCUT2D eigenvalue weighted by Crippen LogP contribution is -2.44. The molecule has 0 aliphatic heterocycles. The Balaban J connectivity index is 1.52. The average molecular weight is 411 g/mol. The van der Waals surface area contributed by atoms with E-state index in [0.717, 1.165) is 18.4 Å². The zero-order chi connectivity index (χ0) is 21.6. The van der Waals surface area contributed by atoms with Crippen LogP contribution >= 0.6 is 0 Å². The van der Waals surface area contributed by atoms with Gasteiger partial charge >= 0.3 is 5.97 Å². The number of nitro groups is 1. The molecule has 9 heteroatoms. The van der Waals surface area contributed by atoms with Gasteiger partial charge < -0.3 is 4.74 Å². The molecule has 0 saturated heterocycles. The fourth-order valence-electron chi connectivity index (χ4n) is 3.58. The lowest BCUT2D eigenvalue weighted by molar-refractivity contribution is -0.384. The molecule has 3 rings (SSSR count). The van der Waals surface area contributed by atoms with Gasteiger partial charge in [-0.15, -0.1) is 0 Å². The number of nitro benzene ring substituents is 1. The summed E-state index contributed by atoms with van der Waals surface area (Å²) in [6.07, 6.45) is 3.13. The molecule has 0 unspecified atom stereocenters. The van der Waals surface area contributed by atoms with Crippen LogP contribution in [0.4, 0.5) is 5.69 Å². The van der Waals surface area contributed by atoms with Crippen molar-refractivity contribution in [2.45, 2.75) is 31.1 Å². The van der Waals surface area contributed by atoms with Crippen LogP contribution < -0.4 is 10.9 Å². The number of non-ortho nitro benzene ring substituents is 1. The molecule has 0 atom stereocenters. The van der Waals surface area contributed by atoms with Crippen LogP contribution in [0.3, 0.4) is 0 Å². The van der Waals surface area contributed by atoms with Gasteiger partial charge in [0.1, 0.15) is 0 Å². The van der Waals surface area contributed by atoms with E-state index >= 15 is 0 Å². The number of ether oxygens (including phenoxy) is 1. The molecule has 156 valence electrons. The van der Waals surface area contributed by atoms with Gasteiger partial charge in [-0.1, -0.05) is 43.2 Å². The predicted molar refractivity (Wildman–Crippen MR) is 106 cm³/mol. The van der Waals surface area contributed by atoms with E-state index in [1.807, 2.05) is 30.3 Å². The summed E-state index contributed by atoms with van der Waals surface area (Å²) in [5.41, 5.74) is 4.46. The maximum Gasteiger partial charge on any atom is 0.317 e. The summed E-state index contributed by atoms with van der Waals surface area (Å²) in [6.45, 7) is -0.534. The van der Waals surface area contributed by atoms with Crippen molar-refractivity contribution < 1.29 is 24.0 Å². The second-order valence-corrected chi connectivity index (χ2v) is 7.04. The standard InChI is InChI=1S/C21H21N3O6/c25-18(22-23-19(26)15-8-10-17(11-9-15)24(28)29)14-30-20(27)21(12-4-5-13-21)16-6-2-1-3-7-16/h1-3,6-11H,4-5,12-14H2,(H,22,25)(H,23,26). The molecule has 1 saturated carbocycles. The highest BCUT2D eigenvalue weighted by Gasteiger charge is 2.44. The minimum absolute atomic E-state index is 0.131. The van der Waals surface area contributed by atoms with E-state index in [9.17, 15) is 24.5 Å². The molecule has 0 radical (unpaired) electrons. The quantitative estimate of drug-likeness (QED) is 0.427. The lowest BCUT2D eigenvalue weighted by atomic mass is 9.79. The molecule has 1 aliphatic carbocycles. The molecular weight excluding hydrogens is 390 g/mol. The van der Waals surface area contributed by atoms with Gasteiger partial charge in [0.05, 0.1) is 10.3 Å². The van der Waals surface area contributed by atoms with Crippen LogP contribution in [0.15, 0.2) is 54.6 Å². The van der Waals surface area contributed by atoms with E-state index in [4.69, 9.17) is 4.74 Å². The number of benzene rings is 2. The van der Waals surface area contributed by atoms with Crippen molar-refractivity contribution >= 4 is 23.5 Å². The number of rotatable bonds is 6. The molecule has 30 heavy (non-hydrogen) atoms. The first kappa shape index (κ1) is 21.0. The second-order valence-electron chi connectivity index (χ2n) is 7.04. The summed E-state index contributed by atoms with van der Waals surface area (Å²) in [5, 5.41) is 10.6. The predicted octanol–water partition coefficient (Wildman–Crippen LogP) is 2.41. The summed E-state index contributed by atoms with van der Waals surface area (Å²) >= 11 is 0. The van der Waals surface area contributed by atoms with Crippen LogP contribution in [-0.2, 0) is 19.7 Å². The molecule has 0 heterocycles. The van der Waals surface area contributed by atoms with Crippen LogP contribution in [0, 0.1) is 10.1 Å². The van der Waals surface area contributed by atoms with Gasteiger partial charge in [0.15, 0.2) is 6.61 Å². The van der Waals surface area contributed by atoms with Gasteiger partial charge in [-0.25, -0.2) is 0 Å². The van der Waals surface area contributed by atoms with Gasteiger partial charge in [-0.2, -0.15) is 0 Å². The van der Waals surface area contributed by atoms with Crippen LogP contribution in [0.5, 0.6) is 0 Å². The topological polar surface area (TPSA) is 128 Å². The second kappa shape index (κ2) is 9.17. The Kier molecular flexibility index (Phi) is 6.41. The average Bonchev–Trinajstić information content (AvgIpc) is 3.27. The summed E-state index contributed by atoms with van der Waals surface area (Å²) in [6, 6.07) is 14.3. The van der Waals surface area contributed by atoms with Crippen LogP contribution in [-0.4, -0.2) is 29.3 Å². The van der Waals surface area contributed by atoms with Crippen molar-refractivity contribution in [2.75, 3.05) is 6.61 Å². The molecule has 1 aliphatic rings. The third-order valence-electron chi connectivity index (χ3n) is 5.16. The highest BCUT2D eigenvalue weighted by atomic mass is 16.6. The minimum Gasteiger partial charge on any atom is -0.455 e. The third-order valence-corrected chi connectivity index (χ3v) is 5.16. The van der Waals surface area contributed by atoms with E-state index in [1.165, 1.54) is 24.3 Å². The minimum atomic E-state index is -0.746. The Bertz CT molecular complexity index is 937. The first-order valence-corrected chi connectivity index (χ1v) is 9.49. The highest BCUT2D eigenvalue weighted by molar-refractivity contribution is 5.95. The third kappa shape index (κ3) is 4.62. The molecule has 1 fully saturated rings. The maximum absolute atomic E-state index is 12.8. The number of hydrogen-bond acceptors (Lipinski definition) is 6. The van der Waals surface area contributed by atoms with Crippen molar-refractivity contribution in [3.63, 3.8) is 0 Å². The van der Waals surface area contributed by atoms with Crippen molar-refractivity contribution in [3.05, 3.63) is 75.8 Å². The number of esters is 1. The number of carbonyl (C=O) groups is 3. The zero-order valence-electron chi connectivity index (χ0n) is 16.1. The molecule has 0 bridgehead atoms.